The molecular weight excluding hydrogens is 388 g/mol. The van der Waals surface area contributed by atoms with Crippen molar-refractivity contribution < 1.29 is 4.79 Å². The third-order valence-corrected chi connectivity index (χ3v) is 5.95. The summed E-state index contributed by atoms with van der Waals surface area (Å²) in [5, 5.41) is 3.39. The number of aromatic amines is 2. The number of rotatable bonds is 3. The van der Waals surface area contributed by atoms with Crippen LogP contribution < -0.4 is 10.2 Å². The number of piperazine rings is 1. The van der Waals surface area contributed by atoms with Gasteiger partial charge in [0.25, 0.3) is 0 Å². The number of hydrogen-bond acceptors (Lipinski definition) is 5. The van der Waals surface area contributed by atoms with Crippen LogP contribution in [-0.2, 0) is 4.79 Å². The highest BCUT2D eigenvalue weighted by atomic mass is 16.1. The highest BCUT2D eigenvalue weighted by Gasteiger charge is 2.14. The first kappa shape index (κ1) is 18.1. The Morgan fingerprint density at radius 1 is 0.839 bits per heavy atom. The normalized spacial score (nSPS) is 17.0. The predicted octanol–water partition coefficient (Wildman–Crippen LogP) is 3.43. The first-order valence-corrected chi connectivity index (χ1v) is 10.6. The topological polar surface area (TPSA) is 89.7 Å². The summed E-state index contributed by atoms with van der Waals surface area (Å²) in [4.78, 5) is 30.2. The van der Waals surface area contributed by atoms with Crippen molar-refractivity contribution in [1.82, 2.24) is 25.3 Å². The second kappa shape index (κ2) is 7.21. The fourth-order valence-corrected chi connectivity index (χ4v) is 4.25. The van der Waals surface area contributed by atoms with Gasteiger partial charge in [-0.1, -0.05) is 6.08 Å². The fraction of sp³-hybridized carbons (Fsp3) is 0.208. The number of carbonyl (C=O) groups is 1. The van der Waals surface area contributed by atoms with Gasteiger partial charge in [0.1, 0.15) is 11.6 Å². The Hall–Kier alpha value is -3.71. The highest BCUT2D eigenvalue weighted by Crippen LogP contribution is 2.28. The van der Waals surface area contributed by atoms with E-state index < -0.39 is 0 Å². The van der Waals surface area contributed by atoms with Gasteiger partial charge in [0.15, 0.2) is 5.78 Å². The number of ketones is 1. The molecule has 2 aromatic heterocycles. The number of H-pyrrole nitrogens is 2. The maximum atomic E-state index is 11.4. The first-order valence-electron chi connectivity index (χ1n) is 10.6. The van der Waals surface area contributed by atoms with Crippen LogP contribution in [0.2, 0.25) is 0 Å². The number of hydrogen-bond donors (Lipinski definition) is 3. The van der Waals surface area contributed by atoms with Crippen molar-refractivity contribution in [1.29, 1.82) is 0 Å². The van der Waals surface area contributed by atoms with Crippen molar-refractivity contribution in [2.75, 3.05) is 31.1 Å². The smallest absolute Gasteiger partial charge is 0.159 e. The van der Waals surface area contributed by atoms with E-state index in [4.69, 9.17) is 9.97 Å². The summed E-state index contributed by atoms with van der Waals surface area (Å²) in [6.45, 7) is 4.05. The summed E-state index contributed by atoms with van der Waals surface area (Å²) in [5.74, 6) is 1.73. The molecule has 7 nitrogen and oxygen atoms in total. The van der Waals surface area contributed by atoms with Gasteiger partial charge in [0.05, 0.1) is 22.1 Å². The van der Waals surface area contributed by atoms with E-state index in [0.717, 1.165) is 71.0 Å². The Morgan fingerprint density at radius 2 is 1.58 bits per heavy atom. The lowest BCUT2D eigenvalue weighted by Crippen LogP contribution is -2.43. The Balaban J connectivity index is 1.33. The van der Waals surface area contributed by atoms with Crippen molar-refractivity contribution in [3.05, 3.63) is 60.5 Å². The molecule has 0 spiro atoms. The zero-order valence-electron chi connectivity index (χ0n) is 17.0. The summed E-state index contributed by atoms with van der Waals surface area (Å²) >= 11 is 0. The van der Waals surface area contributed by atoms with E-state index >= 15 is 0 Å². The van der Waals surface area contributed by atoms with Gasteiger partial charge in [0, 0.05) is 49.4 Å². The lowest BCUT2D eigenvalue weighted by atomic mass is 10.1. The van der Waals surface area contributed by atoms with E-state index in [-0.39, 0.29) is 5.78 Å². The molecule has 3 N–H and O–H groups in total. The van der Waals surface area contributed by atoms with Gasteiger partial charge < -0.3 is 20.2 Å². The second-order valence-corrected chi connectivity index (χ2v) is 8.00. The summed E-state index contributed by atoms with van der Waals surface area (Å²) in [6, 6.07) is 12.6. The summed E-state index contributed by atoms with van der Waals surface area (Å²) in [7, 11) is 0. The summed E-state index contributed by atoms with van der Waals surface area (Å²) in [6.07, 6.45) is 5.76. The molecule has 0 atom stereocenters. The maximum absolute atomic E-state index is 11.4. The quantitative estimate of drug-likeness (QED) is 0.482. The van der Waals surface area contributed by atoms with Crippen LogP contribution >= 0.6 is 0 Å². The highest BCUT2D eigenvalue weighted by molar-refractivity contribution is 5.98. The van der Waals surface area contributed by atoms with E-state index in [9.17, 15) is 4.79 Å². The molecule has 4 aromatic rings. The van der Waals surface area contributed by atoms with Crippen LogP contribution in [0.25, 0.3) is 39.0 Å². The van der Waals surface area contributed by atoms with E-state index in [1.807, 2.05) is 30.4 Å². The molecular formula is C24H22N6O. The minimum absolute atomic E-state index is 0.118. The number of benzene rings is 2. The van der Waals surface area contributed by atoms with Crippen molar-refractivity contribution in [3.63, 3.8) is 0 Å². The molecule has 0 bridgehead atoms. The van der Waals surface area contributed by atoms with Gasteiger partial charge in [-0.25, -0.2) is 9.97 Å². The Labute approximate surface area is 178 Å². The molecule has 6 rings (SSSR count). The lowest BCUT2D eigenvalue weighted by Gasteiger charge is -2.29. The zero-order valence-corrected chi connectivity index (χ0v) is 17.0. The van der Waals surface area contributed by atoms with E-state index in [0.29, 0.717) is 6.42 Å². The van der Waals surface area contributed by atoms with Crippen molar-refractivity contribution in [2.24, 2.45) is 0 Å². The average molecular weight is 410 g/mol. The predicted molar refractivity (Wildman–Crippen MR) is 123 cm³/mol. The molecule has 2 aliphatic rings. The third kappa shape index (κ3) is 3.33. The van der Waals surface area contributed by atoms with E-state index in [1.54, 1.807) is 6.08 Å². The van der Waals surface area contributed by atoms with E-state index in [1.165, 1.54) is 5.69 Å². The van der Waals surface area contributed by atoms with E-state index in [2.05, 4.69) is 38.4 Å². The number of anilines is 1. The van der Waals surface area contributed by atoms with Gasteiger partial charge >= 0.3 is 0 Å². The number of nitrogens with one attached hydrogen (secondary N) is 3. The van der Waals surface area contributed by atoms with Crippen molar-refractivity contribution >= 4 is 39.1 Å². The Kier molecular flexibility index (Phi) is 4.21. The maximum Gasteiger partial charge on any atom is 0.159 e. The van der Waals surface area contributed by atoms with Crippen LogP contribution in [-0.4, -0.2) is 51.9 Å². The monoisotopic (exact) mass is 410 g/mol. The van der Waals surface area contributed by atoms with Crippen LogP contribution in [0.1, 0.15) is 12.2 Å². The molecule has 1 aliphatic heterocycles. The lowest BCUT2D eigenvalue weighted by molar-refractivity contribution is -0.113. The number of imidazole rings is 2. The third-order valence-electron chi connectivity index (χ3n) is 5.95. The van der Waals surface area contributed by atoms with Crippen LogP contribution in [0, 0.1) is 0 Å². The number of fused-ring (bicyclic) bond motifs is 2. The largest absolute Gasteiger partial charge is 0.369 e. The summed E-state index contributed by atoms with van der Waals surface area (Å²) < 4.78 is 0. The van der Waals surface area contributed by atoms with Crippen LogP contribution in [0.5, 0.6) is 0 Å². The van der Waals surface area contributed by atoms with Gasteiger partial charge in [-0.2, -0.15) is 0 Å². The van der Waals surface area contributed by atoms with Crippen LogP contribution in [0.15, 0.2) is 54.6 Å². The molecule has 1 fully saturated rings. The van der Waals surface area contributed by atoms with Crippen LogP contribution in [0.3, 0.4) is 0 Å². The molecule has 0 saturated carbocycles. The zero-order chi connectivity index (χ0) is 20.8. The number of nitrogens with zero attached hydrogens (tertiary/aromatic N) is 3. The Bertz CT molecular complexity index is 1370. The summed E-state index contributed by atoms with van der Waals surface area (Å²) in [5.41, 5.74) is 6.99. The van der Waals surface area contributed by atoms with Crippen molar-refractivity contribution in [3.8, 4) is 11.4 Å². The minimum atomic E-state index is 0.118. The first-order chi connectivity index (χ1) is 15.2. The fourth-order valence-electron chi connectivity index (χ4n) is 4.25. The molecule has 1 aliphatic carbocycles. The Morgan fingerprint density at radius 3 is 2.39 bits per heavy atom. The minimum Gasteiger partial charge on any atom is -0.369 e. The molecule has 1 saturated heterocycles. The second-order valence-electron chi connectivity index (χ2n) is 8.00. The van der Waals surface area contributed by atoms with Gasteiger partial charge in [-0.3, -0.25) is 4.79 Å². The SMILES string of the molecule is O=C1C=CC(c2nc3cc(-c4nc5cc(N6CCNCC6)ccc5[nH]4)ccc3[nH]2)=CC1. The number of allylic oxidation sites excluding steroid dienone is 4. The molecule has 3 heterocycles. The molecule has 0 amide bonds. The molecule has 2 aromatic carbocycles. The van der Waals surface area contributed by atoms with Crippen molar-refractivity contribution in [2.45, 2.75) is 6.42 Å². The number of aromatic nitrogens is 4. The molecule has 7 heteroatoms. The number of carbonyl (C=O) groups excluding carboxylic acids is 1. The van der Waals surface area contributed by atoms with Gasteiger partial charge in [-0.15, -0.1) is 0 Å². The van der Waals surface area contributed by atoms with Crippen LogP contribution in [0.4, 0.5) is 5.69 Å². The van der Waals surface area contributed by atoms with Gasteiger partial charge in [0.2, 0.25) is 0 Å². The molecule has 0 unspecified atom stereocenters. The average Bonchev–Trinajstić information content (AvgIpc) is 3.43. The van der Waals surface area contributed by atoms with Gasteiger partial charge in [-0.05, 0) is 48.6 Å². The molecule has 0 radical (unpaired) electrons. The standard InChI is InChI=1S/C24H22N6O/c31-18-5-1-15(2-6-18)23-26-19-7-3-16(13-21(19)28-23)24-27-20-8-4-17(14-22(20)29-24)30-11-9-25-10-12-30/h1-5,7-8,13-14,25H,6,9-12H2,(H,26,28)(H,27,29). The molecule has 154 valence electrons. The molecule has 31 heavy (non-hydrogen) atoms.